The largest absolute Gasteiger partial charge is 0.457 e. The van der Waals surface area contributed by atoms with Crippen LogP contribution in [0.15, 0.2) is 190 Å². The molecule has 5 heterocycles. The number of aromatic nitrogens is 1. The van der Waals surface area contributed by atoms with Crippen LogP contribution in [-0.2, 0) is 5.41 Å². The maximum atomic E-state index is 6.70. The standard InChI is InChI=1S/C56H39N3O3/c1-56(2)41-18-9-12-22-48(41)61-50-32-45-39(31-42(50)56)37-16-7-10-19-43(37)59(45)44-20-13-23-49-51(44)40-30-36(28-29-47(40)60-49)55-57-52(35-26-24-34(25-27-35)33-14-5-4-6-15-33)54-53(58(55)3)38-17-8-11-21-46(38)62-54/h4-32,55H,1-3H3. The smallest absolute Gasteiger partial charge is 0.177 e. The molecule has 13 rings (SSSR count). The molecule has 3 aromatic heterocycles. The van der Waals surface area contributed by atoms with Crippen molar-refractivity contribution in [2.45, 2.75) is 25.4 Å². The summed E-state index contributed by atoms with van der Waals surface area (Å²) in [5, 5.41) is 5.51. The normalized spacial score (nSPS) is 15.5. The van der Waals surface area contributed by atoms with Crippen molar-refractivity contribution in [2.24, 2.45) is 4.99 Å². The Hall–Kier alpha value is -7.83. The lowest BCUT2D eigenvalue weighted by atomic mass is 9.75. The molecule has 0 amide bonds. The zero-order valence-electron chi connectivity index (χ0n) is 34.4. The molecule has 62 heavy (non-hydrogen) atoms. The minimum absolute atomic E-state index is 0.234. The van der Waals surface area contributed by atoms with E-state index < -0.39 is 0 Å². The third-order valence-corrected chi connectivity index (χ3v) is 13.3. The van der Waals surface area contributed by atoms with E-state index in [9.17, 15) is 0 Å². The van der Waals surface area contributed by atoms with Gasteiger partial charge in [-0.25, -0.2) is 0 Å². The van der Waals surface area contributed by atoms with E-state index >= 15 is 0 Å². The summed E-state index contributed by atoms with van der Waals surface area (Å²) < 4.78 is 22.4. The van der Waals surface area contributed by atoms with Crippen molar-refractivity contribution >= 4 is 66.1 Å². The number of para-hydroxylation sites is 3. The molecule has 2 aliphatic heterocycles. The average molecular weight is 802 g/mol. The molecule has 6 nitrogen and oxygen atoms in total. The van der Waals surface area contributed by atoms with Gasteiger partial charge in [-0.15, -0.1) is 0 Å². The van der Waals surface area contributed by atoms with Crippen molar-refractivity contribution in [1.29, 1.82) is 0 Å². The molecular weight excluding hydrogens is 763 g/mol. The molecule has 0 N–H and O–H groups in total. The van der Waals surface area contributed by atoms with Gasteiger partial charge in [-0.3, -0.25) is 4.99 Å². The van der Waals surface area contributed by atoms with Gasteiger partial charge >= 0.3 is 0 Å². The highest BCUT2D eigenvalue weighted by Crippen LogP contribution is 2.51. The van der Waals surface area contributed by atoms with E-state index in [1.165, 1.54) is 27.5 Å². The zero-order chi connectivity index (χ0) is 41.3. The Labute approximate surface area is 357 Å². The van der Waals surface area contributed by atoms with Gasteiger partial charge in [0.05, 0.1) is 27.8 Å². The minimum atomic E-state index is -0.336. The Kier molecular flexibility index (Phi) is 7.24. The first-order valence-corrected chi connectivity index (χ1v) is 21.2. The molecule has 6 heteroatoms. The van der Waals surface area contributed by atoms with E-state index in [2.05, 4.69) is 182 Å². The van der Waals surface area contributed by atoms with Gasteiger partial charge in [0.25, 0.3) is 0 Å². The molecule has 0 saturated heterocycles. The number of hydrogen-bond donors (Lipinski definition) is 0. The molecule has 2 aliphatic rings. The summed E-state index contributed by atoms with van der Waals surface area (Å²) in [6.45, 7) is 4.59. The van der Waals surface area contributed by atoms with Gasteiger partial charge in [-0.2, -0.15) is 0 Å². The number of fused-ring (bicyclic) bond motifs is 11. The van der Waals surface area contributed by atoms with Crippen molar-refractivity contribution in [3.05, 3.63) is 204 Å². The summed E-state index contributed by atoms with van der Waals surface area (Å²) in [5.41, 5.74) is 14.1. The number of nitrogens with zero attached hydrogens (tertiary/aromatic N) is 3. The van der Waals surface area contributed by atoms with Crippen LogP contribution in [0.4, 0.5) is 5.69 Å². The maximum absolute atomic E-state index is 6.70. The van der Waals surface area contributed by atoms with Gasteiger partial charge in [0, 0.05) is 56.8 Å². The Morgan fingerprint density at radius 1 is 0.516 bits per heavy atom. The topological polar surface area (TPSA) is 56.0 Å². The van der Waals surface area contributed by atoms with Gasteiger partial charge in [0.2, 0.25) is 0 Å². The number of ether oxygens (including phenoxy) is 1. The molecule has 0 fully saturated rings. The van der Waals surface area contributed by atoms with Crippen molar-refractivity contribution in [3.8, 4) is 28.3 Å². The van der Waals surface area contributed by atoms with Crippen molar-refractivity contribution in [3.63, 3.8) is 0 Å². The molecule has 1 atom stereocenters. The first-order chi connectivity index (χ1) is 30.4. The fraction of sp³-hybridized carbons (Fsp3) is 0.0893. The first kappa shape index (κ1) is 35.0. The molecule has 8 aromatic carbocycles. The summed E-state index contributed by atoms with van der Waals surface area (Å²) in [7, 11) is 2.12. The SMILES string of the molecule is CN1c2c(oc3ccccc23)C(c2ccc(-c3ccccc3)cc2)=NC1c1ccc2oc3cccc(-n4c5ccccc5c5cc6c(cc54)Oc4ccccc4C6(C)C)c3c2c1. The van der Waals surface area contributed by atoms with Crippen LogP contribution in [0.3, 0.4) is 0 Å². The van der Waals surface area contributed by atoms with E-state index in [1.54, 1.807) is 0 Å². The Morgan fingerprint density at radius 2 is 1.23 bits per heavy atom. The molecule has 11 aromatic rings. The number of aliphatic imine (C=N–C) groups is 1. The Morgan fingerprint density at radius 3 is 2.10 bits per heavy atom. The third-order valence-electron chi connectivity index (χ3n) is 13.3. The van der Waals surface area contributed by atoms with Crippen LogP contribution in [0.25, 0.3) is 71.5 Å². The highest BCUT2D eigenvalue weighted by molar-refractivity contribution is 6.19. The van der Waals surface area contributed by atoms with E-state index in [0.29, 0.717) is 0 Å². The number of furan rings is 2. The lowest BCUT2D eigenvalue weighted by Gasteiger charge is -2.34. The highest BCUT2D eigenvalue weighted by atomic mass is 16.5. The number of hydrogen-bond acceptors (Lipinski definition) is 5. The summed E-state index contributed by atoms with van der Waals surface area (Å²) in [6.07, 6.45) is -0.336. The van der Waals surface area contributed by atoms with Crippen molar-refractivity contribution < 1.29 is 13.6 Å². The highest BCUT2D eigenvalue weighted by Gasteiger charge is 2.36. The zero-order valence-corrected chi connectivity index (χ0v) is 34.4. The summed E-state index contributed by atoms with van der Waals surface area (Å²) in [5.74, 6) is 2.56. The van der Waals surface area contributed by atoms with Crippen LogP contribution in [0, 0.1) is 0 Å². The minimum Gasteiger partial charge on any atom is -0.457 e. The second-order valence-corrected chi connectivity index (χ2v) is 17.1. The lowest BCUT2D eigenvalue weighted by molar-refractivity contribution is 0.419. The maximum Gasteiger partial charge on any atom is 0.177 e. The predicted octanol–water partition coefficient (Wildman–Crippen LogP) is 14.5. The molecule has 1 unspecified atom stereocenters. The third kappa shape index (κ3) is 4.95. The van der Waals surface area contributed by atoms with Gasteiger partial charge in [-0.05, 0) is 71.3 Å². The summed E-state index contributed by atoms with van der Waals surface area (Å²) >= 11 is 0. The Bertz CT molecular complexity index is 3660. The quantitative estimate of drug-likeness (QED) is 0.178. The molecule has 0 spiro atoms. The fourth-order valence-electron chi connectivity index (χ4n) is 10.2. The Balaban J connectivity index is 0.999. The first-order valence-electron chi connectivity index (χ1n) is 21.2. The van der Waals surface area contributed by atoms with E-state index in [-0.39, 0.29) is 11.6 Å². The lowest BCUT2D eigenvalue weighted by Crippen LogP contribution is -2.29. The fourth-order valence-corrected chi connectivity index (χ4v) is 10.2. The second-order valence-electron chi connectivity index (χ2n) is 17.1. The van der Waals surface area contributed by atoms with Crippen molar-refractivity contribution in [1.82, 2.24) is 4.57 Å². The molecule has 0 aliphatic carbocycles. The molecule has 296 valence electrons. The predicted molar refractivity (Wildman–Crippen MR) is 252 cm³/mol. The monoisotopic (exact) mass is 801 g/mol. The van der Waals surface area contributed by atoms with Crippen LogP contribution in [0.5, 0.6) is 11.5 Å². The van der Waals surface area contributed by atoms with Crippen LogP contribution in [0.2, 0.25) is 0 Å². The molecule has 0 bridgehead atoms. The van der Waals surface area contributed by atoms with Crippen molar-refractivity contribution in [2.75, 3.05) is 11.9 Å². The average Bonchev–Trinajstić information content (AvgIpc) is 3.99. The van der Waals surface area contributed by atoms with E-state index in [1.807, 2.05) is 24.3 Å². The second kappa shape index (κ2) is 12.8. The van der Waals surface area contributed by atoms with Gasteiger partial charge in [0.1, 0.15) is 40.1 Å². The van der Waals surface area contributed by atoms with Gasteiger partial charge in [0.15, 0.2) is 5.76 Å². The summed E-state index contributed by atoms with van der Waals surface area (Å²) in [6, 6.07) is 62.0. The number of anilines is 1. The molecule has 0 saturated carbocycles. The number of rotatable bonds is 4. The van der Waals surface area contributed by atoms with E-state index in [0.717, 1.165) is 95.0 Å². The van der Waals surface area contributed by atoms with E-state index in [4.69, 9.17) is 18.6 Å². The summed E-state index contributed by atoms with van der Waals surface area (Å²) in [4.78, 5) is 7.79. The molecular formula is C56H39N3O3. The van der Waals surface area contributed by atoms with Gasteiger partial charge in [-0.1, -0.05) is 129 Å². The van der Waals surface area contributed by atoms with Crippen LogP contribution in [-0.4, -0.2) is 17.3 Å². The number of benzene rings is 8. The van der Waals surface area contributed by atoms with Crippen LogP contribution in [0.1, 0.15) is 48.0 Å². The van der Waals surface area contributed by atoms with Gasteiger partial charge < -0.3 is 23.0 Å². The van der Waals surface area contributed by atoms with Crippen LogP contribution >= 0.6 is 0 Å². The molecule has 0 radical (unpaired) electrons. The van der Waals surface area contributed by atoms with Crippen LogP contribution < -0.4 is 9.64 Å².